The predicted molar refractivity (Wildman–Crippen MR) is 161 cm³/mol. The SMILES string of the molecule is CCCCCCCC(CCCC1SCC(C)C(C)N1C(=S)Nc1cccc(Cl)c1)N1CCCCC1. The second kappa shape index (κ2) is 15.7. The number of hydrogen-bond donors (Lipinski definition) is 1. The molecular weight excluding hydrogens is 490 g/mol. The molecular formula is C29H48ClN3S2. The van der Waals surface area contributed by atoms with Gasteiger partial charge in [-0.2, -0.15) is 0 Å². The van der Waals surface area contributed by atoms with Crippen molar-refractivity contribution in [1.29, 1.82) is 0 Å². The fourth-order valence-electron chi connectivity index (χ4n) is 5.62. The minimum atomic E-state index is 0.442. The van der Waals surface area contributed by atoms with Crippen LogP contribution in [0.3, 0.4) is 0 Å². The fourth-order valence-corrected chi connectivity index (χ4v) is 7.88. The molecule has 0 radical (unpaired) electrons. The molecule has 2 heterocycles. The lowest BCUT2D eigenvalue weighted by atomic mass is 9.97. The van der Waals surface area contributed by atoms with Gasteiger partial charge in [0.2, 0.25) is 0 Å². The minimum Gasteiger partial charge on any atom is -0.334 e. The molecule has 0 aromatic heterocycles. The zero-order valence-corrected chi connectivity index (χ0v) is 24.7. The average Bonchev–Trinajstić information content (AvgIpc) is 2.85. The summed E-state index contributed by atoms with van der Waals surface area (Å²) in [6.07, 6.45) is 16.3. The van der Waals surface area contributed by atoms with Crippen molar-refractivity contribution < 1.29 is 0 Å². The maximum Gasteiger partial charge on any atom is 0.174 e. The molecule has 198 valence electrons. The minimum absolute atomic E-state index is 0.442. The number of hydrogen-bond acceptors (Lipinski definition) is 3. The number of nitrogens with zero attached hydrogens (tertiary/aromatic N) is 2. The second-order valence-electron chi connectivity index (χ2n) is 10.7. The maximum absolute atomic E-state index is 6.21. The van der Waals surface area contributed by atoms with Crippen molar-refractivity contribution in [1.82, 2.24) is 9.80 Å². The lowest BCUT2D eigenvalue weighted by molar-refractivity contribution is 0.140. The zero-order valence-electron chi connectivity index (χ0n) is 22.3. The third-order valence-corrected chi connectivity index (χ3v) is 10.1. The van der Waals surface area contributed by atoms with Crippen LogP contribution in [0.15, 0.2) is 24.3 Å². The molecule has 0 aliphatic carbocycles. The van der Waals surface area contributed by atoms with Crippen LogP contribution >= 0.6 is 35.6 Å². The summed E-state index contributed by atoms with van der Waals surface area (Å²) in [6, 6.07) is 9.09. The standard InChI is InChI=1S/C29H48ClN3S2/c1-4-5-6-7-9-16-27(32-19-10-8-11-20-32)17-13-18-28-33(24(3)23(2)22-35-28)29(34)31-26-15-12-14-25(30)21-26/h12,14-15,21,23-24,27-28H,4-11,13,16-20,22H2,1-3H3,(H,31,34). The van der Waals surface area contributed by atoms with Gasteiger partial charge in [-0.25, -0.2) is 0 Å². The first-order valence-corrected chi connectivity index (χ1v) is 16.0. The van der Waals surface area contributed by atoms with Crippen molar-refractivity contribution in [2.24, 2.45) is 5.92 Å². The predicted octanol–water partition coefficient (Wildman–Crippen LogP) is 8.82. The molecule has 4 unspecified atom stereocenters. The van der Waals surface area contributed by atoms with Crippen molar-refractivity contribution in [2.75, 3.05) is 24.2 Å². The number of nitrogens with one attached hydrogen (secondary N) is 1. The summed E-state index contributed by atoms with van der Waals surface area (Å²) in [6.45, 7) is 9.63. The third kappa shape index (κ3) is 9.39. The van der Waals surface area contributed by atoms with E-state index in [1.807, 2.05) is 24.3 Å². The van der Waals surface area contributed by atoms with E-state index in [9.17, 15) is 0 Å². The topological polar surface area (TPSA) is 18.5 Å². The number of benzene rings is 1. The van der Waals surface area contributed by atoms with E-state index in [1.165, 1.54) is 95.9 Å². The van der Waals surface area contributed by atoms with Crippen molar-refractivity contribution in [3.63, 3.8) is 0 Å². The Morgan fingerprint density at radius 3 is 2.57 bits per heavy atom. The number of anilines is 1. The number of likely N-dealkylation sites (tertiary alicyclic amines) is 1. The van der Waals surface area contributed by atoms with Crippen LogP contribution < -0.4 is 5.32 Å². The first-order chi connectivity index (χ1) is 17.0. The molecule has 2 saturated heterocycles. The van der Waals surface area contributed by atoms with E-state index in [1.54, 1.807) is 0 Å². The normalized spacial score (nSPS) is 24.3. The van der Waals surface area contributed by atoms with Crippen molar-refractivity contribution in [3.05, 3.63) is 29.3 Å². The first kappa shape index (κ1) is 29.1. The Kier molecular flexibility index (Phi) is 13.0. The quantitative estimate of drug-likeness (QED) is 0.211. The molecule has 0 amide bonds. The summed E-state index contributed by atoms with van der Waals surface area (Å²) in [7, 11) is 0. The van der Waals surface area contributed by atoms with Crippen LogP contribution in [0, 0.1) is 5.92 Å². The molecule has 1 aromatic rings. The number of piperidine rings is 1. The molecule has 4 atom stereocenters. The summed E-state index contributed by atoms with van der Waals surface area (Å²) in [5.41, 5.74) is 0.977. The van der Waals surface area contributed by atoms with Crippen LogP contribution in [0.25, 0.3) is 0 Å². The molecule has 35 heavy (non-hydrogen) atoms. The first-order valence-electron chi connectivity index (χ1n) is 14.2. The van der Waals surface area contributed by atoms with Gasteiger partial charge in [-0.1, -0.05) is 70.0 Å². The molecule has 2 aliphatic rings. The van der Waals surface area contributed by atoms with Gasteiger partial charge < -0.3 is 15.1 Å². The molecule has 2 fully saturated rings. The Labute approximate surface area is 230 Å². The molecule has 3 rings (SSSR count). The van der Waals surface area contributed by atoms with Crippen LogP contribution in [-0.2, 0) is 0 Å². The van der Waals surface area contributed by atoms with Gasteiger partial charge in [-0.05, 0) is 101 Å². The van der Waals surface area contributed by atoms with E-state index in [0.29, 0.717) is 17.3 Å². The van der Waals surface area contributed by atoms with Gasteiger partial charge in [0.05, 0.1) is 5.37 Å². The van der Waals surface area contributed by atoms with Gasteiger partial charge in [0.15, 0.2) is 5.11 Å². The summed E-state index contributed by atoms with van der Waals surface area (Å²) in [5.74, 6) is 1.84. The van der Waals surface area contributed by atoms with Gasteiger partial charge in [-0.3, -0.25) is 0 Å². The number of rotatable bonds is 12. The highest BCUT2D eigenvalue weighted by Crippen LogP contribution is 2.35. The third-order valence-electron chi connectivity index (χ3n) is 7.97. The molecule has 3 nitrogen and oxygen atoms in total. The highest BCUT2D eigenvalue weighted by Gasteiger charge is 2.34. The van der Waals surface area contributed by atoms with Gasteiger partial charge in [-0.15, -0.1) is 11.8 Å². The van der Waals surface area contributed by atoms with Gasteiger partial charge >= 0.3 is 0 Å². The van der Waals surface area contributed by atoms with Crippen LogP contribution in [0.5, 0.6) is 0 Å². The van der Waals surface area contributed by atoms with E-state index in [2.05, 4.69) is 47.6 Å². The summed E-state index contributed by atoms with van der Waals surface area (Å²) in [4.78, 5) is 5.31. The van der Waals surface area contributed by atoms with Gasteiger partial charge in [0.25, 0.3) is 0 Å². The average molecular weight is 538 g/mol. The Hall–Kier alpha value is -0.490. The number of halogens is 1. The second-order valence-corrected chi connectivity index (χ2v) is 12.8. The Balaban J connectivity index is 1.56. The summed E-state index contributed by atoms with van der Waals surface area (Å²) in [5, 5.41) is 5.51. The smallest absolute Gasteiger partial charge is 0.174 e. The molecule has 1 aromatic carbocycles. The molecule has 2 aliphatic heterocycles. The Bertz CT molecular complexity index is 755. The van der Waals surface area contributed by atoms with Crippen LogP contribution in [0.2, 0.25) is 5.02 Å². The van der Waals surface area contributed by atoms with E-state index >= 15 is 0 Å². The molecule has 6 heteroatoms. The Morgan fingerprint density at radius 2 is 1.83 bits per heavy atom. The van der Waals surface area contributed by atoms with E-state index in [-0.39, 0.29) is 0 Å². The fraction of sp³-hybridized carbons (Fsp3) is 0.759. The highest BCUT2D eigenvalue weighted by molar-refractivity contribution is 8.00. The number of thioether (sulfide) groups is 1. The van der Waals surface area contributed by atoms with Crippen LogP contribution in [0.1, 0.15) is 97.8 Å². The summed E-state index contributed by atoms with van der Waals surface area (Å²) < 4.78 is 0. The lowest BCUT2D eigenvalue weighted by Crippen LogP contribution is -2.52. The lowest BCUT2D eigenvalue weighted by Gasteiger charge is -2.45. The highest BCUT2D eigenvalue weighted by atomic mass is 35.5. The van der Waals surface area contributed by atoms with E-state index in [4.69, 9.17) is 23.8 Å². The molecule has 0 spiro atoms. The number of unbranched alkanes of at least 4 members (excludes halogenated alkanes) is 4. The zero-order chi connectivity index (χ0) is 25.0. The van der Waals surface area contributed by atoms with Gasteiger partial charge in [0, 0.05) is 22.8 Å². The molecule has 0 bridgehead atoms. The molecule has 0 saturated carbocycles. The largest absolute Gasteiger partial charge is 0.334 e. The van der Waals surface area contributed by atoms with Gasteiger partial charge in [0.1, 0.15) is 0 Å². The summed E-state index contributed by atoms with van der Waals surface area (Å²) >= 11 is 14.3. The van der Waals surface area contributed by atoms with E-state index in [0.717, 1.165) is 21.9 Å². The van der Waals surface area contributed by atoms with Crippen molar-refractivity contribution in [2.45, 2.75) is 115 Å². The number of thiocarbonyl (C=S) groups is 1. The monoisotopic (exact) mass is 537 g/mol. The molecule has 1 N–H and O–H groups in total. The van der Waals surface area contributed by atoms with Crippen LogP contribution in [-0.4, -0.2) is 51.2 Å². The maximum atomic E-state index is 6.21. The van der Waals surface area contributed by atoms with Crippen molar-refractivity contribution >= 4 is 46.4 Å². The van der Waals surface area contributed by atoms with Crippen molar-refractivity contribution in [3.8, 4) is 0 Å². The van der Waals surface area contributed by atoms with Crippen LogP contribution in [0.4, 0.5) is 5.69 Å². The Morgan fingerprint density at radius 1 is 1.09 bits per heavy atom. The van der Waals surface area contributed by atoms with E-state index < -0.39 is 0 Å².